The summed E-state index contributed by atoms with van der Waals surface area (Å²) in [6, 6.07) is 47.2. The van der Waals surface area contributed by atoms with Crippen LogP contribution in [0.4, 0.5) is 17.1 Å². The zero-order valence-corrected chi connectivity index (χ0v) is 28.2. The lowest BCUT2D eigenvalue weighted by Crippen LogP contribution is -2.41. The number of para-hydroxylation sites is 3. The minimum Gasteiger partial charge on any atom is -0.453 e. The molecule has 6 aromatic carbocycles. The molecule has 0 atom stereocenters. The van der Waals surface area contributed by atoms with E-state index in [4.69, 9.17) is 14.0 Å². The van der Waals surface area contributed by atoms with Gasteiger partial charge in [0.2, 0.25) is 0 Å². The highest BCUT2D eigenvalue weighted by molar-refractivity contribution is 7.26. The zero-order chi connectivity index (χ0) is 32.6. The van der Waals surface area contributed by atoms with Gasteiger partial charge in [-0.1, -0.05) is 84.9 Å². The molecule has 1 saturated heterocycles. The first-order chi connectivity index (χ1) is 23.3. The number of rotatable bonds is 4. The summed E-state index contributed by atoms with van der Waals surface area (Å²) in [6.07, 6.45) is 0. The van der Waals surface area contributed by atoms with Crippen molar-refractivity contribution < 1.29 is 14.0 Å². The Morgan fingerprint density at radius 1 is 0.562 bits per heavy atom. The van der Waals surface area contributed by atoms with E-state index >= 15 is 0 Å². The molecule has 48 heavy (non-hydrogen) atoms. The van der Waals surface area contributed by atoms with E-state index in [9.17, 15) is 0 Å². The van der Waals surface area contributed by atoms with Crippen molar-refractivity contribution in [2.75, 3.05) is 4.90 Å². The van der Waals surface area contributed by atoms with Gasteiger partial charge in [-0.05, 0) is 104 Å². The molecule has 7 aromatic rings. The molecule has 6 heteroatoms. The summed E-state index contributed by atoms with van der Waals surface area (Å²) < 4.78 is 22.4. The molecule has 2 aliphatic heterocycles. The molecule has 1 aromatic heterocycles. The maximum atomic E-state index is 6.61. The molecule has 1 fully saturated rings. The summed E-state index contributed by atoms with van der Waals surface area (Å²) in [4.78, 5) is 2.27. The van der Waals surface area contributed by atoms with Crippen LogP contribution in [0, 0.1) is 0 Å². The number of fused-ring (bicyclic) bond motifs is 5. The van der Waals surface area contributed by atoms with E-state index in [1.165, 1.54) is 25.7 Å². The monoisotopic (exact) mass is 643 g/mol. The van der Waals surface area contributed by atoms with Crippen molar-refractivity contribution >= 4 is 61.2 Å². The van der Waals surface area contributed by atoms with Crippen LogP contribution >= 0.6 is 11.3 Å². The quantitative estimate of drug-likeness (QED) is 0.179. The van der Waals surface area contributed by atoms with E-state index in [-0.39, 0.29) is 0 Å². The molecule has 0 amide bonds. The summed E-state index contributed by atoms with van der Waals surface area (Å²) in [6.45, 7) is 8.42. The van der Waals surface area contributed by atoms with Crippen LogP contribution in [0.25, 0.3) is 42.4 Å². The van der Waals surface area contributed by atoms with Crippen LogP contribution in [0.5, 0.6) is 11.5 Å². The third-order valence-electron chi connectivity index (χ3n) is 10.1. The Kier molecular flexibility index (Phi) is 6.60. The Bertz CT molecular complexity index is 2350. The Hall–Kier alpha value is -4.88. The first-order valence-corrected chi connectivity index (χ1v) is 17.3. The number of benzene rings is 6. The summed E-state index contributed by atoms with van der Waals surface area (Å²) >= 11 is 1.84. The second-order valence-electron chi connectivity index (χ2n) is 13.6. The van der Waals surface area contributed by atoms with Gasteiger partial charge in [0.1, 0.15) is 0 Å². The standard InChI is InChI=1S/C42H34BNO3S/c1-41(2)42(3,4)47-43(46-41)30-24-28(23-29(25-30)32-16-12-17-34-33-15-8-11-20-39(33)48-40(32)34)27-21-22-36-38(26-27)45-37-19-10-9-18-35(37)44(36)31-13-6-5-7-14-31/h5-26H,1-4H3. The van der Waals surface area contributed by atoms with Crippen LogP contribution in [0.3, 0.4) is 0 Å². The maximum absolute atomic E-state index is 6.61. The molecular weight excluding hydrogens is 609 g/mol. The minimum absolute atomic E-state index is 0.451. The number of nitrogens with zero attached hydrogens (tertiary/aromatic N) is 1. The number of thiophene rings is 1. The topological polar surface area (TPSA) is 30.9 Å². The molecule has 0 radical (unpaired) electrons. The van der Waals surface area contributed by atoms with E-state index in [1.807, 2.05) is 29.5 Å². The molecular formula is C42H34BNO3S. The molecule has 0 saturated carbocycles. The van der Waals surface area contributed by atoms with Gasteiger partial charge in [0.05, 0.1) is 22.6 Å². The second kappa shape index (κ2) is 10.8. The molecule has 9 rings (SSSR count). The third-order valence-corrected chi connectivity index (χ3v) is 11.3. The number of anilines is 3. The van der Waals surface area contributed by atoms with Gasteiger partial charge in [-0.2, -0.15) is 0 Å². The Morgan fingerprint density at radius 3 is 2.08 bits per heavy atom. The molecule has 3 heterocycles. The van der Waals surface area contributed by atoms with E-state index in [1.54, 1.807) is 0 Å². The zero-order valence-electron chi connectivity index (χ0n) is 27.4. The highest BCUT2D eigenvalue weighted by Gasteiger charge is 2.51. The smallest absolute Gasteiger partial charge is 0.453 e. The number of hydrogen-bond donors (Lipinski definition) is 0. The van der Waals surface area contributed by atoms with E-state index in [2.05, 4.69) is 148 Å². The van der Waals surface area contributed by atoms with Crippen LogP contribution in [-0.2, 0) is 9.31 Å². The fourth-order valence-electron chi connectivity index (χ4n) is 6.86. The van der Waals surface area contributed by atoms with Crippen LogP contribution in [0.15, 0.2) is 133 Å². The van der Waals surface area contributed by atoms with Crippen LogP contribution < -0.4 is 15.1 Å². The van der Waals surface area contributed by atoms with Crippen LogP contribution in [0.2, 0.25) is 0 Å². The summed E-state index contributed by atoms with van der Waals surface area (Å²) in [5.41, 5.74) is 7.66. The van der Waals surface area contributed by atoms with Crippen molar-refractivity contribution in [2.24, 2.45) is 0 Å². The predicted molar refractivity (Wildman–Crippen MR) is 201 cm³/mol. The highest BCUT2D eigenvalue weighted by Crippen LogP contribution is 2.51. The Morgan fingerprint density at radius 2 is 1.25 bits per heavy atom. The summed E-state index contributed by atoms with van der Waals surface area (Å²) in [7, 11) is -0.496. The third kappa shape index (κ3) is 4.67. The van der Waals surface area contributed by atoms with E-state index in [0.29, 0.717) is 0 Å². The van der Waals surface area contributed by atoms with Gasteiger partial charge in [-0.25, -0.2) is 0 Å². The Balaban J connectivity index is 1.22. The normalized spacial score (nSPS) is 16.2. The van der Waals surface area contributed by atoms with Gasteiger partial charge in [-0.3, -0.25) is 0 Å². The highest BCUT2D eigenvalue weighted by atomic mass is 32.1. The van der Waals surface area contributed by atoms with Crippen molar-refractivity contribution in [2.45, 2.75) is 38.9 Å². The predicted octanol–water partition coefficient (Wildman–Crippen LogP) is 11.3. The first kappa shape index (κ1) is 29.3. The lowest BCUT2D eigenvalue weighted by molar-refractivity contribution is 0.00578. The molecule has 0 N–H and O–H groups in total. The van der Waals surface area contributed by atoms with Crippen LogP contribution in [0.1, 0.15) is 27.7 Å². The van der Waals surface area contributed by atoms with Gasteiger partial charge in [0.25, 0.3) is 0 Å². The Labute approximate surface area is 285 Å². The molecule has 0 spiro atoms. The van der Waals surface area contributed by atoms with Crippen molar-refractivity contribution in [3.8, 4) is 33.8 Å². The molecule has 2 aliphatic rings. The van der Waals surface area contributed by atoms with E-state index < -0.39 is 18.3 Å². The largest absolute Gasteiger partial charge is 0.494 e. The van der Waals surface area contributed by atoms with Crippen molar-refractivity contribution in [3.63, 3.8) is 0 Å². The van der Waals surface area contributed by atoms with Gasteiger partial charge in [-0.15, -0.1) is 11.3 Å². The summed E-state index contributed by atoms with van der Waals surface area (Å²) in [5.74, 6) is 1.64. The van der Waals surface area contributed by atoms with Crippen molar-refractivity contribution in [1.82, 2.24) is 0 Å². The van der Waals surface area contributed by atoms with E-state index in [0.717, 1.165) is 50.7 Å². The summed E-state index contributed by atoms with van der Waals surface area (Å²) in [5, 5.41) is 2.56. The number of hydrogen-bond acceptors (Lipinski definition) is 5. The number of ether oxygens (including phenoxy) is 1. The minimum atomic E-state index is -0.496. The molecule has 234 valence electrons. The fourth-order valence-corrected chi connectivity index (χ4v) is 8.09. The van der Waals surface area contributed by atoms with Gasteiger partial charge >= 0.3 is 7.12 Å². The maximum Gasteiger partial charge on any atom is 0.494 e. The van der Waals surface area contributed by atoms with Crippen molar-refractivity contribution in [1.29, 1.82) is 0 Å². The average Bonchev–Trinajstić information content (AvgIpc) is 3.59. The first-order valence-electron chi connectivity index (χ1n) is 16.4. The van der Waals surface area contributed by atoms with Crippen molar-refractivity contribution in [3.05, 3.63) is 133 Å². The fraction of sp³-hybridized carbons (Fsp3) is 0.143. The molecule has 4 nitrogen and oxygen atoms in total. The van der Waals surface area contributed by atoms with Gasteiger partial charge in [0.15, 0.2) is 11.5 Å². The second-order valence-corrected chi connectivity index (χ2v) is 14.7. The molecule has 0 unspecified atom stereocenters. The SMILES string of the molecule is CC1(C)OB(c2cc(-c3ccc4c(c3)Oc3ccccc3N4c3ccccc3)cc(-c3cccc4c3sc3ccccc34)c2)OC1(C)C. The molecule has 0 bridgehead atoms. The van der Waals surface area contributed by atoms with Gasteiger partial charge < -0.3 is 18.9 Å². The lowest BCUT2D eigenvalue weighted by Gasteiger charge is -2.33. The van der Waals surface area contributed by atoms with Crippen LogP contribution in [-0.4, -0.2) is 18.3 Å². The van der Waals surface area contributed by atoms with Gasteiger partial charge in [0, 0.05) is 25.9 Å². The lowest BCUT2D eigenvalue weighted by atomic mass is 9.76. The molecule has 0 aliphatic carbocycles. The average molecular weight is 644 g/mol.